The lowest BCUT2D eigenvalue weighted by molar-refractivity contribution is -0.158. The Labute approximate surface area is 390 Å². The van der Waals surface area contributed by atoms with Crippen molar-refractivity contribution < 1.29 is 38.9 Å². The van der Waals surface area contributed by atoms with Gasteiger partial charge in [-0.15, -0.1) is 0 Å². The zero-order valence-electron chi connectivity index (χ0n) is 43.3. The Hall–Kier alpha value is -2.12. The standard InChI is InChI=1S/C17H28O2.C16H26O2.C12H22O2.C11H20O2/c1-5-6-11-7-10(2)14-12-8-13(15(11)14)17(3,9-12)16(18)19-4;1-4-5-10-6-9(2)13-11-7-12(14(10)13)16(3,8-11)15(17)18;1-5-6-10-7-9(2)8-12(10,3)11(13)14-4;1-4-5-9-6-8(2)7-11(9,3)10(12)13/h10-15H,5-9H2,1-4H3;9-14H,4-8H2,1-3H3,(H,17,18);9-10H,5-8H2,1-4H3;8-9H,4-7H2,1-3H3,(H,12,13). The Kier molecular flexibility index (Phi) is 17.4. The molecule has 8 aliphatic rings. The van der Waals surface area contributed by atoms with Crippen LogP contribution in [0.1, 0.15) is 199 Å². The number of carboxylic acid groups (broad SMARTS) is 2. The van der Waals surface area contributed by atoms with Crippen LogP contribution >= 0.6 is 0 Å². The molecule has 0 aromatic carbocycles. The van der Waals surface area contributed by atoms with Gasteiger partial charge in [0.15, 0.2) is 0 Å². The second kappa shape index (κ2) is 21.0. The summed E-state index contributed by atoms with van der Waals surface area (Å²) in [6, 6.07) is 0. The lowest BCUT2D eigenvalue weighted by atomic mass is 9.63. The minimum atomic E-state index is -0.602. The fourth-order valence-electron chi connectivity index (χ4n) is 18.0. The van der Waals surface area contributed by atoms with Gasteiger partial charge in [0.25, 0.3) is 0 Å². The molecule has 0 saturated heterocycles. The molecular formula is C56H96O8. The molecule has 20 atom stereocenters. The third kappa shape index (κ3) is 9.75. The number of carboxylic acids is 2. The number of aliphatic carboxylic acids is 2. The van der Waals surface area contributed by atoms with Crippen LogP contribution in [0.25, 0.3) is 0 Å². The first kappa shape index (κ1) is 52.8. The van der Waals surface area contributed by atoms with Crippen LogP contribution in [-0.2, 0) is 28.7 Å². The number of ether oxygens (including phenoxy) is 2. The third-order valence-electron chi connectivity index (χ3n) is 20.4. The molecule has 368 valence electrons. The van der Waals surface area contributed by atoms with Crippen LogP contribution in [0.2, 0.25) is 0 Å². The smallest absolute Gasteiger partial charge is 0.311 e. The molecule has 64 heavy (non-hydrogen) atoms. The zero-order chi connectivity index (χ0) is 47.7. The van der Waals surface area contributed by atoms with Crippen LogP contribution in [-0.4, -0.2) is 48.3 Å². The number of carbonyl (C=O) groups excluding carboxylic acids is 2. The highest BCUT2D eigenvalue weighted by atomic mass is 16.5. The van der Waals surface area contributed by atoms with E-state index < -0.39 is 22.8 Å². The Morgan fingerprint density at radius 1 is 0.469 bits per heavy atom. The fourth-order valence-corrected chi connectivity index (χ4v) is 18.0. The van der Waals surface area contributed by atoms with Crippen molar-refractivity contribution in [2.45, 2.75) is 199 Å². The van der Waals surface area contributed by atoms with Gasteiger partial charge >= 0.3 is 23.9 Å². The van der Waals surface area contributed by atoms with Crippen molar-refractivity contribution in [1.29, 1.82) is 0 Å². The minimum Gasteiger partial charge on any atom is -0.481 e. The number of carbonyl (C=O) groups is 4. The third-order valence-corrected chi connectivity index (χ3v) is 20.4. The maximum absolute atomic E-state index is 12.2. The number of fused-ring (bicyclic) bond motifs is 10. The van der Waals surface area contributed by atoms with Gasteiger partial charge in [0.1, 0.15) is 0 Å². The lowest BCUT2D eigenvalue weighted by Crippen LogP contribution is -2.42. The summed E-state index contributed by atoms with van der Waals surface area (Å²) in [5, 5.41) is 18.8. The molecular weight excluding hydrogens is 801 g/mol. The quantitative estimate of drug-likeness (QED) is 0.185. The molecule has 2 N–H and O–H groups in total. The molecule has 8 rings (SSSR count). The van der Waals surface area contributed by atoms with Gasteiger partial charge < -0.3 is 19.7 Å². The molecule has 0 spiro atoms. The van der Waals surface area contributed by atoms with E-state index in [1.54, 1.807) is 7.11 Å². The molecule has 0 radical (unpaired) electrons. The molecule has 8 aliphatic carbocycles. The first-order chi connectivity index (χ1) is 30.1. The predicted molar refractivity (Wildman–Crippen MR) is 256 cm³/mol. The largest absolute Gasteiger partial charge is 0.481 e. The van der Waals surface area contributed by atoms with E-state index in [-0.39, 0.29) is 22.8 Å². The molecule has 4 bridgehead atoms. The van der Waals surface area contributed by atoms with Gasteiger partial charge in [0.05, 0.1) is 35.9 Å². The monoisotopic (exact) mass is 897 g/mol. The van der Waals surface area contributed by atoms with Crippen molar-refractivity contribution >= 4 is 23.9 Å². The molecule has 0 amide bonds. The van der Waals surface area contributed by atoms with Gasteiger partial charge in [-0.3, -0.25) is 19.2 Å². The molecule has 0 aromatic heterocycles. The number of hydrogen-bond donors (Lipinski definition) is 2. The topological polar surface area (TPSA) is 127 Å². The summed E-state index contributed by atoms with van der Waals surface area (Å²) in [4.78, 5) is 46.8. The highest BCUT2D eigenvalue weighted by molar-refractivity contribution is 5.78. The zero-order valence-corrected chi connectivity index (χ0v) is 43.3. The van der Waals surface area contributed by atoms with Crippen molar-refractivity contribution in [2.75, 3.05) is 14.2 Å². The maximum atomic E-state index is 12.2. The van der Waals surface area contributed by atoms with E-state index in [4.69, 9.17) is 9.47 Å². The average molecular weight is 897 g/mol. The van der Waals surface area contributed by atoms with Crippen molar-refractivity contribution in [2.24, 2.45) is 116 Å². The summed E-state index contributed by atoms with van der Waals surface area (Å²) in [6.45, 7) is 26.3. The van der Waals surface area contributed by atoms with Crippen LogP contribution < -0.4 is 0 Å². The first-order valence-electron chi connectivity index (χ1n) is 26.7. The van der Waals surface area contributed by atoms with Gasteiger partial charge in [-0.25, -0.2) is 0 Å². The van der Waals surface area contributed by atoms with E-state index in [0.29, 0.717) is 41.4 Å². The van der Waals surface area contributed by atoms with Crippen molar-refractivity contribution in [3.8, 4) is 0 Å². The van der Waals surface area contributed by atoms with Crippen LogP contribution in [0.4, 0.5) is 0 Å². The Morgan fingerprint density at radius 2 is 0.828 bits per heavy atom. The summed E-state index contributed by atoms with van der Waals surface area (Å²) in [6.07, 6.45) is 21.0. The van der Waals surface area contributed by atoms with Gasteiger partial charge in [-0.2, -0.15) is 0 Å². The van der Waals surface area contributed by atoms with Gasteiger partial charge in [-0.1, -0.05) is 93.9 Å². The maximum Gasteiger partial charge on any atom is 0.311 e. The molecule has 8 heteroatoms. The second-order valence-electron chi connectivity index (χ2n) is 24.8. The SMILES string of the molecule is CCCC1CC(C)C2C3CC(C12)C(C)(C(=O)O)C3.CCCC1CC(C)C2C3CC(C12)C(C)(C(=O)OC)C3.CCCC1CC(C)CC1(C)C(=O)O.CCCC1CC(C)CC1(C)C(=O)OC. The van der Waals surface area contributed by atoms with Crippen LogP contribution in [0.5, 0.6) is 0 Å². The minimum absolute atomic E-state index is 0.0136. The number of esters is 2. The van der Waals surface area contributed by atoms with E-state index in [0.717, 1.165) is 111 Å². The van der Waals surface area contributed by atoms with Crippen LogP contribution in [0.15, 0.2) is 0 Å². The van der Waals surface area contributed by atoms with E-state index >= 15 is 0 Å². The van der Waals surface area contributed by atoms with E-state index in [1.165, 1.54) is 64.9 Å². The molecule has 0 aliphatic heterocycles. The molecule has 0 heterocycles. The Morgan fingerprint density at radius 3 is 1.22 bits per heavy atom. The summed E-state index contributed by atoms with van der Waals surface area (Å²) in [7, 11) is 3.05. The summed E-state index contributed by atoms with van der Waals surface area (Å²) < 4.78 is 10.0. The van der Waals surface area contributed by atoms with E-state index in [2.05, 4.69) is 69.2 Å². The normalized spacial score (nSPS) is 46.5. The van der Waals surface area contributed by atoms with E-state index in [9.17, 15) is 29.4 Å². The summed E-state index contributed by atoms with van der Waals surface area (Å²) in [5.41, 5.74) is -1.27. The first-order valence-corrected chi connectivity index (χ1v) is 26.7. The lowest BCUT2D eigenvalue weighted by Gasteiger charge is -2.40. The van der Waals surface area contributed by atoms with E-state index in [1.807, 2.05) is 13.8 Å². The Bertz CT molecular complexity index is 1610. The van der Waals surface area contributed by atoms with Crippen molar-refractivity contribution in [3.63, 3.8) is 0 Å². The number of rotatable bonds is 12. The highest BCUT2D eigenvalue weighted by Gasteiger charge is 2.67. The van der Waals surface area contributed by atoms with Crippen molar-refractivity contribution in [1.82, 2.24) is 0 Å². The van der Waals surface area contributed by atoms with Crippen LogP contribution in [0.3, 0.4) is 0 Å². The van der Waals surface area contributed by atoms with Crippen molar-refractivity contribution in [3.05, 3.63) is 0 Å². The predicted octanol–water partition coefficient (Wildman–Crippen LogP) is 13.6. The van der Waals surface area contributed by atoms with Gasteiger partial charge in [0.2, 0.25) is 0 Å². The average Bonchev–Trinajstić information content (AvgIpc) is 4.12. The Balaban J connectivity index is 0.000000163. The molecule has 20 unspecified atom stereocenters. The number of methoxy groups -OCH3 is 2. The summed E-state index contributed by atoms with van der Waals surface area (Å²) >= 11 is 0. The molecule has 8 fully saturated rings. The van der Waals surface area contributed by atoms with Gasteiger partial charge in [0, 0.05) is 0 Å². The van der Waals surface area contributed by atoms with Crippen LogP contribution in [0, 0.1) is 116 Å². The second-order valence-corrected chi connectivity index (χ2v) is 24.8. The molecule has 0 aromatic rings. The molecule has 8 nitrogen and oxygen atoms in total. The molecule has 8 saturated carbocycles. The highest BCUT2D eigenvalue weighted by Crippen LogP contribution is 2.70. The van der Waals surface area contributed by atoms with Gasteiger partial charge in [-0.05, 0) is 199 Å². The summed E-state index contributed by atoms with van der Waals surface area (Å²) in [5.74, 6) is 10.3. The number of hydrogen-bond acceptors (Lipinski definition) is 6. The fraction of sp³-hybridized carbons (Fsp3) is 0.929.